The summed E-state index contributed by atoms with van der Waals surface area (Å²) in [5, 5.41) is 11.6. The minimum Gasteiger partial charge on any atom is -0.480 e. The molecule has 0 saturated carbocycles. The summed E-state index contributed by atoms with van der Waals surface area (Å²) in [6.07, 6.45) is 2.90. The first-order valence-corrected chi connectivity index (χ1v) is 6.82. The zero-order valence-corrected chi connectivity index (χ0v) is 12.6. The molecule has 2 N–H and O–H groups in total. The number of aryl methyl sites for hydroxylation is 1. The largest absolute Gasteiger partial charge is 0.480 e. The van der Waals surface area contributed by atoms with Crippen LogP contribution in [0.4, 0.5) is 0 Å². The van der Waals surface area contributed by atoms with Crippen molar-refractivity contribution in [1.29, 1.82) is 0 Å². The predicted molar refractivity (Wildman–Crippen MR) is 80.0 cm³/mol. The van der Waals surface area contributed by atoms with Gasteiger partial charge in [0.1, 0.15) is 16.7 Å². The first-order valence-electron chi connectivity index (χ1n) is 6.82. The maximum atomic E-state index is 12.3. The van der Waals surface area contributed by atoms with E-state index in [1.807, 2.05) is 6.92 Å². The molecule has 0 fully saturated rings. The molecule has 1 atom stereocenters. The third-order valence-electron chi connectivity index (χ3n) is 3.68. The van der Waals surface area contributed by atoms with Gasteiger partial charge in [0.15, 0.2) is 0 Å². The molecule has 0 aliphatic rings. The van der Waals surface area contributed by atoms with Crippen LogP contribution in [0.1, 0.15) is 36.2 Å². The van der Waals surface area contributed by atoms with Crippen LogP contribution in [0, 0.1) is 6.92 Å². The van der Waals surface area contributed by atoms with E-state index in [-0.39, 0.29) is 12.0 Å². The van der Waals surface area contributed by atoms with Crippen molar-refractivity contribution in [3.8, 4) is 0 Å². The number of carboxylic acid groups (broad SMARTS) is 1. The van der Waals surface area contributed by atoms with Crippen molar-refractivity contribution in [2.45, 2.75) is 32.7 Å². The molecule has 2 aromatic rings. The van der Waals surface area contributed by atoms with Crippen molar-refractivity contribution >= 4 is 17.5 Å². The van der Waals surface area contributed by atoms with Gasteiger partial charge in [0.25, 0.3) is 11.5 Å². The third kappa shape index (κ3) is 2.69. The number of carbonyl (C=O) groups excluding carboxylic acids is 1. The maximum absolute atomic E-state index is 12.3. The lowest BCUT2D eigenvalue weighted by Gasteiger charge is -2.24. The first kappa shape index (κ1) is 15.7. The van der Waals surface area contributed by atoms with Crippen molar-refractivity contribution < 1.29 is 14.7 Å². The van der Waals surface area contributed by atoms with E-state index in [1.54, 1.807) is 19.1 Å². The lowest BCUT2D eigenvalue weighted by molar-refractivity contribution is -0.143. The van der Waals surface area contributed by atoms with Gasteiger partial charge in [-0.05, 0) is 38.0 Å². The molecule has 1 amide bonds. The number of nitrogens with one attached hydrogen (secondary N) is 1. The molecule has 116 valence electrons. The fourth-order valence-electron chi connectivity index (χ4n) is 1.94. The second-order valence-electron chi connectivity index (χ2n) is 5.35. The molecule has 0 radical (unpaired) electrons. The molecule has 2 rings (SSSR count). The second-order valence-corrected chi connectivity index (χ2v) is 5.35. The van der Waals surface area contributed by atoms with Gasteiger partial charge < -0.3 is 10.4 Å². The normalized spacial score (nSPS) is 13.6. The monoisotopic (exact) mass is 303 g/mol. The Morgan fingerprint density at radius 3 is 2.73 bits per heavy atom. The van der Waals surface area contributed by atoms with Crippen LogP contribution in [-0.2, 0) is 4.79 Å². The Morgan fingerprint density at radius 2 is 2.14 bits per heavy atom. The molecular weight excluding hydrogens is 286 g/mol. The van der Waals surface area contributed by atoms with Gasteiger partial charge in [-0.1, -0.05) is 6.92 Å². The summed E-state index contributed by atoms with van der Waals surface area (Å²) < 4.78 is 1.26. The van der Waals surface area contributed by atoms with Gasteiger partial charge in [0.2, 0.25) is 0 Å². The number of carboxylic acids is 1. The van der Waals surface area contributed by atoms with Gasteiger partial charge in [-0.3, -0.25) is 14.0 Å². The molecule has 0 saturated heterocycles. The van der Waals surface area contributed by atoms with Gasteiger partial charge >= 0.3 is 5.97 Å². The van der Waals surface area contributed by atoms with E-state index in [9.17, 15) is 19.5 Å². The molecule has 0 bridgehead atoms. The van der Waals surface area contributed by atoms with Crippen LogP contribution in [-0.4, -0.2) is 31.9 Å². The minimum atomic E-state index is -1.43. The van der Waals surface area contributed by atoms with Crippen molar-refractivity contribution in [3.63, 3.8) is 0 Å². The van der Waals surface area contributed by atoms with Crippen LogP contribution < -0.4 is 10.9 Å². The van der Waals surface area contributed by atoms with E-state index in [0.717, 1.165) is 5.56 Å². The first-order chi connectivity index (χ1) is 10.3. The smallest absolute Gasteiger partial charge is 0.329 e. The Kier molecular flexibility index (Phi) is 3.99. The average molecular weight is 303 g/mol. The lowest BCUT2D eigenvalue weighted by Crippen LogP contribution is -2.52. The molecule has 7 nitrogen and oxygen atoms in total. The molecular formula is C15H17N3O4. The van der Waals surface area contributed by atoms with Crippen molar-refractivity contribution in [2.75, 3.05) is 0 Å². The number of hydrogen-bond acceptors (Lipinski definition) is 4. The second kappa shape index (κ2) is 5.59. The average Bonchev–Trinajstić information content (AvgIpc) is 2.46. The number of pyridine rings is 1. The molecule has 0 spiro atoms. The van der Waals surface area contributed by atoms with Gasteiger partial charge in [-0.25, -0.2) is 9.78 Å². The Balaban J connectivity index is 2.45. The fraction of sp³-hybridized carbons (Fsp3) is 0.333. The number of hydrogen-bond donors (Lipinski definition) is 2. The van der Waals surface area contributed by atoms with Crippen LogP contribution in [0.2, 0.25) is 0 Å². The van der Waals surface area contributed by atoms with Crippen LogP contribution in [0.5, 0.6) is 0 Å². The fourth-order valence-corrected chi connectivity index (χ4v) is 1.94. The summed E-state index contributed by atoms with van der Waals surface area (Å²) >= 11 is 0. The van der Waals surface area contributed by atoms with Crippen molar-refractivity contribution in [2.24, 2.45) is 0 Å². The minimum absolute atomic E-state index is 0.190. The third-order valence-corrected chi connectivity index (χ3v) is 3.68. The highest BCUT2D eigenvalue weighted by Crippen LogP contribution is 2.10. The van der Waals surface area contributed by atoms with Crippen LogP contribution in [0.3, 0.4) is 0 Å². The summed E-state index contributed by atoms with van der Waals surface area (Å²) in [6.45, 7) is 4.90. The molecule has 0 aliphatic heterocycles. The molecule has 22 heavy (non-hydrogen) atoms. The Morgan fingerprint density at radius 1 is 1.45 bits per heavy atom. The van der Waals surface area contributed by atoms with Crippen molar-refractivity contribution in [3.05, 3.63) is 46.0 Å². The van der Waals surface area contributed by atoms with E-state index < -0.39 is 23.0 Å². The highest BCUT2D eigenvalue weighted by atomic mass is 16.4. The predicted octanol–water partition coefficient (Wildman–Crippen LogP) is 0.986. The van der Waals surface area contributed by atoms with E-state index >= 15 is 0 Å². The Labute approximate surface area is 126 Å². The van der Waals surface area contributed by atoms with Gasteiger partial charge in [-0.2, -0.15) is 0 Å². The number of carbonyl (C=O) groups is 2. The standard InChI is InChI=1S/C15H17N3O4/c1-4-15(3,14(21)22)17-12(19)10-8-16-11-7-9(2)5-6-18(11)13(10)20/h5-8H,4H2,1-3H3,(H,17,19)(H,21,22). The molecule has 2 aromatic heterocycles. The number of amides is 1. The molecule has 0 aliphatic carbocycles. The Hall–Kier alpha value is -2.70. The molecule has 1 unspecified atom stereocenters. The molecule has 7 heteroatoms. The highest BCUT2D eigenvalue weighted by Gasteiger charge is 2.33. The SMILES string of the molecule is CCC(C)(NC(=O)c1cnc2cc(C)ccn2c1=O)C(=O)O. The van der Waals surface area contributed by atoms with Gasteiger partial charge in [0, 0.05) is 12.4 Å². The number of rotatable bonds is 4. The zero-order valence-electron chi connectivity index (χ0n) is 12.6. The van der Waals surface area contributed by atoms with E-state index in [2.05, 4.69) is 10.3 Å². The van der Waals surface area contributed by atoms with E-state index in [4.69, 9.17) is 0 Å². The maximum Gasteiger partial charge on any atom is 0.329 e. The topological polar surface area (TPSA) is 101 Å². The zero-order chi connectivity index (χ0) is 16.5. The van der Waals surface area contributed by atoms with E-state index in [1.165, 1.54) is 23.7 Å². The summed E-state index contributed by atoms with van der Waals surface area (Å²) in [6, 6.07) is 3.45. The number of aliphatic carboxylic acids is 1. The van der Waals surface area contributed by atoms with Crippen LogP contribution in [0.15, 0.2) is 29.3 Å². The van der Waals surface area contributed by atoms with Gasteiger partial charge in [0.05, 0.1) is 0 Å². The van der Waals surface area contributed by atoms with Crippen molar-refractivity contribution in [1.82, 2.24) is 14.7 Å². The summed E-state index contributed by atoms with van der Waals surface area (Å²) in [5.41, 5.74) is -0.795. The summed E-state index contributed by atoms with van der Waals surface area (Å²) in [5.74, 6) is -1.91. The molecule has 0 aromatic carbocycles. The summed E-state index contributed by atoms with van der Waals surface area (Å²) in [4.78, 5) is 39.9. The van der Waals surface area contributed by atoms with Gasteiger partial charge in [-0.15, -0.1) is 0 Å². The number of aromatic nitrogens is 2. The van der Waals surface area contributed by atoms with Crippen LogP contribution >= 0.6 is 0 Å². The lowest BCUT2D eigenvalue weighted by atomic mass is 9.99. The number of nitrogens with zero attached hydrogens (tertiary/aromatic N) is 2. The van der Waals surface area contributed by atoms with E-state index in [0.29, 0.717) is 5.65 Å². The summed E-state index contributed by atoms with van der Waals surface area (Å²) in [7, 11) is 0. The number of fused-ring (bicyclic) bond motifs is 1. The molecule has 2 heterocycles. The quantitative estimate of drug-likeness (QED) is 0.877. The Bertz CT molecular complexity index is 812. The van der Waals surface area contributed by atoms with Crippen LogP contribution in [0.25, 0.3) is 5.65 Å². The highest BCUT2D eigenvalue weighted by molar-refractivity contribution is 5.97.